The molecule has 1 N–H and O–H groups in total. The fraction of sp³-hybridized carbons (Fsp3) is 0.667. The molecule has 1 atom stereocenters. The first-order valence-electron chi connectivity index (χ1n) is 9.74. The smallest absolute Gasteiger partial charge is 0.254 e. The van der Waals surface area contributed by atoms with Gasteiger partial charge in [0.2, 0.25) is 0 Å². The molecule has 1 heterocycles. The number of hydrogen-bond acceptors (Lipinski definition) is 4. The first kappa shape index (κ1) is 20.7. The van der Waals surface area contributed by atoms with E-state index in [2.05, 4.69) is 19.2 Å². The van der Waals surface area contributed by atoms with Crippen LogP contribution in [-0.4, -0.2) is 57.3 Å². The highest BCUT2D eigenvalue weighted by atomic mass is 16.5. The van der Waals surface area contributed by atoms with E-state index in [-0.39, 0.29) is 11.9 Å². The van der Waals surface area contributed by atoms with Crippen LogP contribution < -0.4 is 10.1 Å². The minimum absolute atomic E-state index is 0.118. The van der Waals surface area contributed by atoms with E-state index < -0.39 is 0 Å². The molecule has 146 valence electrons. The van der Waals surface area contributed by atoms with Crippen LogP contribution in [0.3, 0.4) is 0 Å². The summed E-state index contributed by atoms with van der Waals surface area (Å²) in [5, 5.41) is 3.39. The van der Waals surface area contributed by atoms with Crippen molar-refractivity contribution in [3.63, 3.8) is 0 Å². The van der Waals surface area contributed by atoms with Crippen molar-refractivity contribution in [2.75, 3.05) is 40.5 Å². The Morgan fingerprint density at radius 3 is 2.73 bits per heavy atom. The van der Waals surface area contributed by atoms with Crippen LogP contribution in [0, 0.1) is 5.92 Å². The van der Waals surface area contributed by atoms with Gasteiger partial charge in [0.15, 0.2) is 0 Å². The molecule has 0 radical (unpaired) electrons. The van der Waals surface area contributed by atoms with Gasteiger partial charge in [0.25, 0.3) is 5.91 Å². The lowest BCUT2D eigenvalue weighted by Gasteiger charge is -2.29. The highest BCUT2D eigenvalue weighted by Crippen LogP contribution is 2.24. The van der Waals surface area contributed by atoms with E-state index in [4.69, 9.17) is 9.47 Å². The number of aryl methyl sites for hydroxylation is 1. The van der Waals surface area contributed by atoms with E-state index in [1.54, 1.807) is 14.2 Å². The Bertz CT molecular complexity index is 568. The van der Waals surface area contributed by atoms with Crippen LogP contribution in [0.5, 0.6) is 5.75 Å². The van der Waals surface area contributed by atoms with Crippen molar-refractivity contribution >= 4 is 5.91 Å². The number of carbonyl (C=O) groups is 1. The second-order valence-electron chi connectivity index (χ2n) is 7.39. The molecule has 2 rings (SSSR count). The van der Waals surface area contributed by atoms with Gasteiger partial charge in [-0.05, 0) is 82.3 Å². The summed E-state index contributed by atoms with van der Waals surface area (Å²) in [5.41, 5.74) is 1.85. The Labute approximate surface area is 158 Å². The third-order valence-electron chi connectivity index (χ3n) is 5.07. The number of amides is 1. The maximum Gasteiger partial charge on any atom is 0.254 e. The zero-order chi connectivity index (χ0) is 18.9. The third kappa shape index (κ3) is 5.71. The molecule has 1 aliphatic rings. The Hall–Kier alpha value is -1.59. The maximum absolute atomic E-state index is 13.1. The molecule has 1 aromatic rings. The number of ether oxygens (including phenoxy) is 2. The number of benzene rings is 1. The van der Waals surface area contributed by atoms with E-state index in [0.29, 0.717) is 5.92 Å². The second-order valence-corrected chi connectivity index (χ2v) is 7.39. The Kier molecular flexibility index (Phi) is 8.39. The van der Waals surface area contributed by atoms with Crippen LogP contribution in [0.1, 0.15) is 49.0 Å². The van der Waals surface area contributed by atoms with Crippen LogP contribution in [0.15, 0.2) is 18.2 Å². The van der Waals surface area contributed by atoms with Crippen LogP contribution in [0.4, 0.5) is 0 Å². The topological polar surface area (TPSA) is 50.8 Å². The number of unbranched alkanes of at least 4 members (excludes halogenated alkanes) is 1. The molecule has 1 unspecified atom stereocenters. The van der Waals surface area contributed by atoms with Gasteiger partial charge in [-0.2, -0.15) is 0 Å². The Balaban J connectivity index is 2.11. The SMILES string of the molecule is COCCCCc1cc(C(=O)N(CC2CCNC2)C(C)C)ccc1OC. The zero-order valence-corrected chi connectivity index (χ0v) is 16.7. The number of nitrogens with zero attached hydrogens (tertiary/aromatic N) is 1. The van der Waals surface area contributed by atoms with Gasteiger partial charge >= 0.3 is 0 Å². The van der Waals surface area contributed by atoms with Gasteiger partial charge in [-0.15, -0.1) is 0 Å². The first-order valence-corrected chi connectivity index (χ1v) is 9.74. The molecule has 0 bridgehead atoms. The number of rotatable bonds is 10. The summed E-state index contributed by atoms with van der Waals surface area (Å²) in [6.07, 6.45) is 4.06. The van der Waals surface area contributed by atoms with Gasteiger partial charge in [0.05, 0.1) is 7.11 Å². The molecular weight excluding hydrogens is 328 g/mol. The molecule has 1 saturated heterocycles. The monoisotopic (exact) mass is 362 g/mol. The van der Waals surface area contributed by atoms with Gasteiger partial charge in [-0.25, -0.2) is 0 Å². The van der Waals surface area contributed by atoms with Crippen LogP contribution in [0.2, 0.25) is 0 Å². The van der Waals surface area contributed by atoms with E-state index in [1.165, 1.54) is 0 Å². The van der Waals surface area contributed by atoms with E-state index in [0.717, 1.165) is 68.8 Å². The van der Waals surface area contributed by atoms with Crippen LogP contribution in [-0.2, 0) is 11.2 Å². The molecule has 1 aliphatic heterocycles. The summed E-state index contributed by atoms with van der Waals surface area (Å²) in [7, 11) is 3.41. The average Bonchev–Trinajstić information content (AvgIpc) is 3.15. The summed E-state index contributed by atoms with van der Waals surface area (Å²) in [5.74, 6) is 1.52. The quantitative estimate of drug-likeness (QED) is 0.650. The van der Waals surface area contributed by atoms with Gasteiger partial charge in [0, 0.05) is 31.9 Å². The zero-order valence-electron chi connectivity index (χ0n) is 16.7. The predicted molar refractivity (Wildman–Crippen MR) is 105 cm³/mol. The summed E-state index contributed by atoms with van der Waals surface area (Å²) in [6.45, 7) is 7.82. The third-order valence-corrected chi connectivity index (χ3v) is 5.07. The van der Waals surface area contributed by atoms with Crippen LogP contribution >= 0.6 is 0 Å². The molecule has 5 heteroatoms. The molecule has 1 fully saturated rings. The summed E-state index contributed by atoms with van der Waals surface area (Å²) >= 11 is 0. The molecule has 0 spiro atoms. The van der Waals surface area contributed by atoms with Crippen molar-refractivity contribution in [2.45, 2.75) is 45.6 Å². The first-order chi connectivity index (χ1) is 12.6. The average molecular weight is 363 g/mol. The molecular formula is C21H34N2O3. The predicted octanol–water partition coefficient (Wildman–Crippen LogP) is 3.12. The normalized spacial score (nSPS) is 16.9. The molecule has 1 amide bonds. The van der Waals surface area contributed by atoms with Crippen molar-refractivity contribution in [2.24, 2.45) is 5.92 Å². The molecule has 1 aromatic carbocycles. The van der Waals surface area contributed by atoms with Crippen molar-refractivity contribution in [1.29, 1.82) is 0 Å². The molecule has 5 nitrogen and oxygen atoms in total. The van der Waals surface area contributed by atoms with Crippen molar-refractivity contribution in [3.8, 4) is 5.75 Å². The van der Waals surface area contributed by atoms with Crippen molar-refractivity contribution in [1.82, 2.24) is 10.2 Å². The summed E-state index contributed by atoms with van der Waals surface area (Å²) < 4.78 is 10.6. The summed E-state index contributed by atoms with van der Waals surface area (Å²) in [4.78, 5) is 15.2. The Morgan fingerprint density at radius 1 is 1.31 bits per heavy atom. The second kappa shape index (κ2) is 10.5. The molecule has 0 saturated carbocycles. The fourth-order valence-electron chi connectivity index (χ4n) is 3.51. The number of carbonyl (C=O) groups excluding carboxylic acids is 1. The van der Waals surface area contributed by atoms with Crippen LogP contribution in [0.25, 0.3) is 0 Å². The number of hydrogen-bond donors (Lipinski definition) is 1. The van der Waals surface area contributed by atoms with E-state index in [9.17, 15) is 4.79 Å². The molecule has 0 aliphatic carbocycles. The fourth-order valence-corrected chi connectivity index (χ4v) is 3.51. The van der Waals surface area contributed by atoms with Crippen molar-refractivity contribution in [3.05, 3.63) is 29.3 Å². The standard InChI is InChI=1S/C21H34N2O3/c1-16(2)23(15-17-10-11-22-14-17)21(24)19-8-9-20(26-4)18(13-19)7-5-6-12-25-3/h8-9,13,16-17,22H,5-7,10-12,14-15H2,1-4H3. The highest BCUT2D eigenvalue weighted by molar-refractivity contribution is 5.94. The lowest BCUT2D eigenvalue weighted by Crippen LogP contribution is -2.41. The minimum atomic E-state index is 0.118. The summed E-state index contributed by atoms with van der Waals surface area (Å²) in [6, 6.07) is 6.02. The van der Waals surface area contributed by atoms with Crippen molar-refractivity contribution < 1.29 is 14.3 Å². The lowest BCUT2D eigenvalue weighted by atomic mass is 10.0. The number of methoxy groups -OCH3 is 2. The van der Waals surface area contributed by atoms with E-state index >= 15 is 0 Å². The van der Waals surface area contributed by atoms with Gasteiger partial charge in [0.1, 0.15) is 5.75 Å². The van der Waals surface area contributed by atoms with Gasteiger partial charge in [-0.1, -0.05) is 0 Å². The molecule has 26 heavy (non-hydrogen) atoms. The molecule has 0 aromatic heterocycles. The van der Waals surface area contributed by atoms with Gasteiger partial charge < -0.3 is 19.7 Å². The largest absolute Gasteiger partial charge is 0.496 e. The lowest BCUT2D eigenvalue weighted by molar-refractivity contribution is 0.0677. The number of nitrogens with one attached hydrogen (secondary N) is 1. The Morgan fingerprint density at radius 2 is 2.12 bits per heavy atom. The van der Waals surface area contributed by atoms with E-state index in [1.807, 2.05) is 23.1 Å². The highest BCUT2D eigenvalue weighted by Gasteiger charge is 2.25. The van der Waals surface area contributed by atoms with Gasteiger partial charge in [-0.3, -0.25) is 4.79 Å². The maximum atomic E-state index is 13.1. The minimum Gasteiger partial charge on any atom is -0.496 e.